The summed E-state index contributed by atoms with van der Waals surface area (Å²) in [6.07, 6.45) is 0. The third-order valence-corrected chi connectivity index (χ3v) is 6.22. The number of hydrogen-bond donors (Lipinski definition) is 0. The second-order valence-corrected chi connectivity index (χ2v) is 8.74. The number of carbonyl (C=O) groups is 1. The Morgan fingerprint density at radius 2 is 1.81 bits per heavy atom. The molecular weight excluding hydrogens is 422 g/mol. The van der Waals surface area contributed by atoms with E-state index in [1.54, 1.807) is 24.3 Å². The first kappa shape index (κ1) is 20.6. The van der Waals surface area contributed by atoms with Gasteiger partial charge in [-0.2, -0.15) is 0 Å². The summed E-state index contributed by atoms with van der Waals surface area (Å²) in [7, 11) is 0. The van der Waals surface area contributed by atoms with E-state index < -0.39 is 0 Å². The van der Waals surface area contributed by atoms with Gasteiger partial charge in [0, 0.05) is 36.3 Å². The Hall–Kier alpha value is -3.31. The Labute approximate surface area is 192 Å². The number of amidine groups is 1. The zero-order chi connectivity index (χ0) is 22.2. The van der Waals surface area contributed by atoms with Crippen molar-refractivity contribution in [3.63, 3.8) is 0 Å². The molecule has 2 heterocycles. The van der Waals surface area contributed by atoms with Crippen LogP contribution in [0.4, 0.5) is 5.69 Å². The number of piperazine rings is 1. The highest BCUT2D eigenvalue weighted by Crippen LogP contribution is 2.39. The monoisotopic (exact) mass is 445 g/mol. The van der Waals surface area contributed by atoms with Crippen LogP contribution in [0.1, 0.15) is 28.4 Å². The van der Waals surface area contributed by atoms with Crippen LogP contribution >= 0.6 is 11.6 Å². The predicted octanol–water partition coefficient (Wildman–Crippen LogP) is 5.68. The zero-order valence-electron chi connectivity index (χ0n) is 18.1. The average molecular weight is 446 g/mol. The summed E-state index contributed by atoms with van der Waals surface area (Å²) in [4.78, 5) is 22.3. The van der Waals surface area contributed by atoms with Crippen molar-refractivity contribution in [1.29, 1.82) is 0 Å². The number of rotatable bonds is 1. The van der Waals surface area contributed by atoms with Crippen molar-refractivity contribution in [2.24, 2.45) is 4.99 Å². The first-order valence-electron chi connectivity index (χ1n) is 10.8. The normalized spacial score (nSPS) is 17.6. The van der Waals surface area contributed by atoms with E-state index in [1.807, 2.05) is 54.3 Å². The molecule has 0 N–H and O–H groups in total. The predicted molar refractivity (Wildman–Crippen MR) is 127 cm³/mol. The average Bonchev–Trinajstić information content (AvgIpc) is 2.95. The molecule has 0 unspecified atom stereocenters. The lowest BCUT2D eigenvalue weighted by Crippen LogP contribution is -2.55. The van der Waals surface area contributed by atoms with Crippen molar-refractivity contribution in [2.75, 3.05) is 19.6 Å². The standard InChI is InChI=1S/C26H24ClN3O2/c1-17-7-12-22-24(15-17)32-23-6-4-3-5-21(23)25(28-22)29-13-14-30(18(2)16-29)26(31)19-8-10-20(27)11-9-19/h3-12,15,18H,13-14,16H2,1-2H3/t18-/m0/s1. The fourth-order valence-corrected chi connectivity index (χ4v) is 4.41. The van der Waals surface area contributed by atoms with Gasteiger partial charge >= 0.3 is 0 Å². The summed E-state index contributed by atoms with van der Waals surface area (Å²) in [5, 5.41) is 0.627. The summed E-state index contributed by atoms with van der Waals surface area (Å²) in [5.74, 6) is 2.47. The highest BCUT2D eigenvalue weighted by atomic mass is 35.5. The van der Waals surface area contributed by atoms with Crippen LogP contribution in [0.3, 0.4) is 0 Å². The van der Waals surface area contributed by atoms with Gasteiger partial charge in [-0.15, -0.1) is 0 Å². The molecule has 2 aliphatic heterocycles. The van der Waals surface area contributed by atoms with E-state index in [4.69, 9.17) is 21.3 Å². The van der Waals surface area contributed by atoms with Gasteiger partial charge in [-0.1, -0.05) is 29.8 Å². The topological polar surface area (TPSA) is 45.1 Å². The molecule has 1 fully saturated rings. The van der Waals surface area contributed by atoms with E-state index >= 15 is 0 Å². The van der Waals surface area contributed by atoms with Crippen molar-refractivity contribution in [2.45, 2.75) is 19.9 Å². The van der Waals surface area contributed by atoms with Gasteiger partial charge in [0.25, 0.3) is 5.91 Å². The maximum atomic E-state index is 13.1. The number of amides is 1. The van der Waals surface area contributed by atoms with E-state index in [2.05, 4.69) is 11.8 Å². The van der Waals surface area contributed by atoms with Crippen LogP contribution in [0.15, 0.2) is 71.7 Å². The minimum Gasteiger partial charge on any atom is -0.454 e. The van der Waals surface area contributed by atoms with Gasteiger partial charge in [0.2, 0.25) is 0 Å². The summed E-state index contributed by atoms with van der Waals surface area (Å²) >= 11 is 5.98. The van der Waals surface area contributed by atoms with E-state index in [0.29, 0.717) is 30.2 Å². The molecule has 0 bridgehead atoms. The molecule has 162 valence electrons. The van der Waals surface area contributed by atoms with Gasteiger partial charge in [-0.3, -0.25) is 4.79 Å². The van der Waals surface area contributed by atoms with E-state index in [-0.39, 0.29) is 11.9 Å². The molecule has 2 aliphatic rings. The lowest BCUT2D eigenvalue weighted by molar-refractivity contribution is 0.0581. The van der Waals surface area contributed by atoms with Crippen LogP contribution in [-0.4, -0.2) is 47.2 Å². The van der Waals surface area contributed by atoms with E-state index in [9.17, 15) is 4.79 Å². The lowest BCUT2D eigenvalue weighted by Gasteiger charge is -2.41. The van der Waals surface area contributed by atoms with Crippen LogP contribution in [0.25, 0.3) is 0 Å². The van der Waals surface area contributed by atoms with Gasteiger partial charge in [-0.05, 0) is 67.9 Å². The summed E-state index contributed by atoms with van der Waals surface area (Å²) in [5.41, 5.74) is 3.56. The molecular formula is C26H24ClN3O2. The van der Waals surface area contributed by atoms with Crippen molar-refractivity contribution in [3.8, 4) is 11.5 Å². The number of aryl methyl sites for hydroxylation is 1. The third-order valence-electron chi connectivity index (χ3n) is 5.97. The molecule has 0 aliphatic carbocycles. The number of ether oxygens (including phenoxy) is 1. The largest absolute Gasteiger partial charge is 0.454 e. The zero-order valence-corrected chi connectivity index (χ0v) is 18.8. The molecule has 1 atom stereocenters. The maximum Gasteiger partial charge on any atom is 0.254 e. The van der Waals surface area contributed by atoms with Crippen molar-refractivity contribution in [3.05, 3.63) is 88.4 Å². The molecule has 0 spiro atoms. The molecule has 5 rings (SSSR count). The van der Waals surface area contributed by atoms with Crippen LogP contribution < -0.4 is 4.74 Å². The molecule has 0 aromatic heterocycles. The lowest BCUT2D eigenvalue weighted by atomic mass is 10.1. The van der Waals surface area contributed by atoms with Gasteiger partial charge < -0.3 is 14.5 Å². The molecule has 0 saturated carbocycles. The Morgan fingerprint density at radius 3 is 2.59 bits per heavy atom. The first-order valence-corrected chi connectivity index (χ1v) is 11.2. The smallest absolute Gasteiger partial charge is 0.254 e. The fraction of sp³-hybridized carbons (Fsp3) is 0.231. The molecule has 6 heteroatoms. The molecule has 1 amide bonds. The summed E-state index contributed by atoms with van der Waals surface area (Å²) in [6.45, 7) is 6.12. The van der Waals surface area contributed by atoms with Gasteiger partial charge in [-0.25, -0.2) is 4.99 Å². The van der Waals surface area contributed by atoms with E-state index in [0.717, 1.165) is 34.1 Å². The fourth-order valence-electron chi connectivity index (χ4n) is 4.28. The highest BCUT2D eigenvalue weighted by molar-refractivity contribution is 6.30. The molecule has 32 heavy (non-hydrogen) atoms. The number of halogens is 1. The first-order chi connectivity index (χ1) is 15.5. The van der Waals surface area contributed by atoms with Crippen molar-refractivity contribution >= 4 is 29.0 Å². The van der Waals surface area contributed by atoms with Crippen molar-refractivity contribution in [1.82, 2.24) is 9.80 Å². The van der Waals surface area contributed by atoms with Crippen LogP contribution in [-0.2, 0) is 0 Å². The summed E-state index contributed by atoms with van der Waals surface area (Å²) < 4.78 is 6.24. The van der Waals surface area contributed by atoms with Gasteiger partial charge in [0.15, 0.2) is 5.75 Å². The molecule has 1 saturated heterocycles. The number of benzene rings is 3. The number of aliphatic imine (C=N–C) groups is 1. The molecule has 5 nitrogen and oxygen atoms in total. The minimum atomic E-state index is 0.0289. The van der Waals surface area contributed by atoms with Crippen LogP contribution in [0, 0.1) is 6.92 Å². The number of carbonyl (C=O) groups excluding carboxylic acids is 1. The summed E-state index contributed by atoms with van der Waals surface area (Å²) in [6, 6.07) is 21.2. The second kappa shape index (κ2) is 8.32. The Balaban J connectivity index is 1.44. The molecule has 3 aromatic rings. The SMILES string of the molecule is Cc1ccc2c(c1)Oc1ccccc1C(N1CCN(C(=O)c3ccc(Cl)cc3)[C@@H](C)C1)=N2. The number of para-hydroxylation sites is 1. The Kier molecular flexibility index (Phi) is 5.35. The van der Waals surface area contributed by atoms with E-state index in [1.165, 1.54) is 0 Å². The minimum absolute atomic E-state index is 0.0289. The Morgan fingerprint density at radius 1 is 1.03 bits per heavy atom. The number of nitrogens with zero attached hydrogens (tertiary/aromatic N) is 3. The molecule has 3 aromatic carbocycles. The Bertz CT molecular complexity index is 1210. The quantitative estimate of drug-likeness (QED) is 0.484. The van der Waals surface area contributed by atoms with Crippen LogP contribution in [0.2, 0.25) is 5.02 Å². The highest BCUT2D eigenvalue weighted by Gasteiger charge is 2.31. The number of fused-ring (bicyclic) bond motifs is 2. The van der Waals surface area contributed by atoms with Crippen molar-refractivity contribution < 1.29 is 9.53 Å². The van der Waals surface area contributed by atoms with Crippen LogP contribution in [0.5, 0.6) is 11.5 Å². The third kappa shape index (κ3) is 3.84. The van der Waals surface area contributed by atoms with Gasteiger partial charge in [0.05, 0.1) is 5.56 Å². The van der Waals surface area contributed by atoms with Gasteiger partial charge in [0.1, 0.15) is 17.3 Å². The molecule has 0 radical (unpaired) electrons. The maximum absolute atomic E-state index is 13.1. The second-order valence-electron chi connectivity index (χ2n) is 8.31. The number of hydrogen-bond acceptors (Lipinski definition) is 4.